The van der Waals surface area contributed by atoms with E-state index < -0.39 is 10.0 Å². The van der Waals surface area contributed by atoms with Crippen molar-refractivity contribution in [3.8, 4) is 0 Å². The number of amides is 1. The van der Waals surface area contributed by atoms with E-state index in [2.05, 4.69) is 10.0 Å². The third-order valence-electron chi connectivity index (χ3n) is 3.21. The Hall–Kier alpha value is -1.83. The van der Waals surface area contributed by atoms with Gasteiger partial charge in [0.05, 0.1) is 18.6 Å². The van der Waals surface area contributed by atoms with E-state index in [-0.39, 0.29) is 24.6 Å². The van der Waals surface area contributed by atoms with Crippen LogP contribution in [0.5, 0.6) is 0 Å². The average Bonchev–Trinajstić information content (AvgIpc) is 3.05. The number of rotatable bonds is 9. The second kappa shape index (κ2) is 8.86. The Morgan fingerprint density at radius 1 is 1.17 bits per heavy atom. The van der Waals surface area contributed by atoms with Crippen molar-refractivity contribution in [1.82, 2.24) is 10.0 Å². The molecule has 0 fully saturated rings. The lowest BCUT2D eigenvalue weighted by atomic mass is 10.2. The molecule has 0 saturated heterocycles. The predicted octanol–water partition coefficient (Wildman–Crippen LogP) is 2.45. The van der Waals surface area contributed by atoms with E-state index in [9.17, 15) is 13.2 Å². The number of halogens is 1. The van der Waals surface area contributed by atoms with Gasteiger partial charge in [0.2, 0.25) is 15.9 Å². The highest BCUT2D eigenvalue weighted by atomic mass is 35.5. The van der Waals surface area contributed by atoms with Crippen molar-refractivity contribution < 1.29 is 17.6 Å². The number of hydrogen-bond acceptors (Lipinski definition) is 4. The molecule has 130 valence electrons. The van der Waals surface area contributed by atoms with E-state index >= 15 is 0 Å². The summed E-state index contributed by atoms with van der Waals surface area (Å²) in [5.41, 5.74) is 0.656. The summed E-state index contributed by atoms with van der Waals surface area (Å²) in [6.07, 6.45) is 2.20. The summed E-state index contributed by atoms with van der Waals surface area (Å²) < 4.78 is 31.5. The summed E-state index contributed by atoms with van der Waals surface area (Å²) in [5, 5.41) is 3.27. The maximum absolute atomic E-state index is 12.0. The zero-order valence-corrected chi connectivity index (χ0v) is 14.6. The molecule has 1 aromatic carbocycles. The molecule has 1 heterocycles. The molecular weight excluding hydrogens is 352 g/mol. The third-order valence-corrected chi connectivity index (χ3v) is 4.82. The number of carbonyl (C=O) groups excluding carboxylic acids is 1. The van der Waals surface area contributed by atoms with Gasteiger partial charge in [0.15, 0.2) is 0 Å². The molecule has 0 bridgehead atoms. The Kier molecular flexibility index (Phi) is 6.84. The lowest BCUT2D eigenvalue weighted by Crippen LogP contribution is -2.28. The maximum Gasteiger partial charge on any atom is 0.220 e. The monoisotopic (exact) mass is 370 g/mol. The Balaban J connectivity index is 1.65. The zero-order chi connectivity index (χ0) is 17.4. The lowest BCUT2D eigenvalue weighted by Gasteiger charge is -2.07. The number of hydrogen-bond donors (Lipinski definition) is 2. The fourth-order valence-electron chi connectivity index (χ4n) is 2.01. The molecule has 0 radical (unpaired) electrons. The fraction of sp³-hybridized carbons (Fsp3) is 0.312. The lowest BCUT2D eigenvalue weighted by molar-refractivity contribution is -0.121. The SMILES string of the molecule is O=C(CCCNS(=O)(=O)Cc1ccc(Cl)cc1)NCc1ccco1. The molecule has 2 N–H and O–H groups in total. The third kappa shape index (κ3) is 6.74. The van der Waals surface area contributed by atoms with Crippen LogP contribution in [0.2, 0.25) is 5.02 Å². The number of benzene rings is 1. The van der Waals surface area contributed by atoms with Gasteiger partial charge in [-0.1, -0.05) is 23.7 Å². The number of carbonyl (C=O) groups is 1. The molecular formula is C16H19ClN2O4S. The second-order valence-corrected chi connectivity index (χ2v) is 7.48. The van der Waals surface area contributed by atoms with Gasteiger partial charge in [-0.2, -0.15) is 0 Å². The maximum atomic E-state index is 12.0. The topological polar surface area (TPSA) is 88.4 Å². The highest BCUT2D eigenvalue weighted by Gasteiger charge is 2.11. The summed E-state index contributed by atoms with van der Waals surface area (Å²) in [7, 11) is -3.43. The van der Waals surface area contributed by atoms with E-state index in [1.165, 1.54) is 6.26 Å². The van der Waals surface area contributed by atoms with Gasteiger partial charge >= 0.3 is 0 Å². The Morgan fingerprint density at radius 3 is 2.58 bits per heavy atom. The highest BCUT2D eigenvalue weighted by molar-refractivity contribution is 7.88. The largest absolute Gasteiger partial charge is 0.467 e. The minimum atomic E-state index is -3.43. The Labute approximate surface area is 146 Å². The Morgan fingerprint density at radius 2 is 1.92 bits per heavy atom. The quantitative estimate of drug-likeness (QED) is 0.663. The van der Waals surface area contributed by atoms with Crippen molar-refractivity contribution in [1.29, 1.82) is 0 Å². The van der Waals surface area contributed by atoms with Gasteiger partial charge in [-0.15, -0.1) is 0 Å². The first kappa shape index (κ1) is 18.5. The van der Waals surface area contributed by atoms with Crippen molar-refractivity contribution in [3.05, 3.63) is 59.0 Å². The van der Waals surface area contributed by atoms with Gasteiger partial charge in [-0.3, -0.25) is 4.79 Å². The van der Waals surface area contributed by atoms with Crippen LogP contribution in [0, 0.1) is 0 Å². The van der Waals surface area contributed by atoms with Crippen molar-refractivity contribution in [3.63, 3.8) is 0 Å². The van der Waals surface area contributed by atoms with Crippen molar-refractivity contribution in [2.45, 2.75) is 25.1 Å². The molecule has 6 nitrogen and oxygen atoms in total. The Bertz CT molecular complexity index is 743. The van der Waals surface area contributed by atoms with Gasteiger partial charge in [-0.25, -0.2) is 13.1 Å². The van der Waals surface area contributed by atoms with Crippen LogP contribution in [0.15, 0.2) is 47.1 Å². The summed E-state index contributed by atoms with van der Waals surface area (Å²) in [4.78, 5) is 11.6. The zero-order valence-electron chi connectivity index (χ0n) is 13.0. The average molecular weight is 371 g/mol. The number of furan rings is 1. The van der Waals surface area contributed by atoms with Gasteiger partial charge in [0.1, 0.15) is 5.76 Å². The smallest absolute Gasteiger partial charge is 0.220 e. The van der Waals surface area contributed by atoms with E-state index in [0.717, 1.165) is 0 Å². The summed E-state index contributed by atoms with van der Waals surface area (Å²) in [5.74, 6) is 0.407. The number of sulfonamides is 1. The molecule has 0 unspecified atom stereocenters. The molecule has 8 heteroatoms. The molecule has 1 aromatic heterocycles. The van der Waals surface area contributed by atoms with Gasteiger partial charge in [-0.05, 0) is 36.2 Å². The van der Waals surface area contributed by atoms with E-state index in [1.54, 1.807) is 36.4 Å². The summed E-state index contributed by atoms with van der Waals surface area (Å²) >= 11 is 5.76. The minimum absolute atomic E-state index is 0.116. The van der Waals surface area contributed by atoms with Crippen LogP contribution in [-0.2, 0) is 27.1 Å². The van der Waals surface area contributed by atoms with Crippen LogP contribution in [0.1, 0.15) is 24.2 Å². The predicted molar refractivity (Wildman–Crippen MR) is 91.9 cm³/mol. The van der Waals surface area contributed by atoms with Crippen LogP contribution >= 0.6 is 11.6 Å². The molecule has 0 atom stereocenters. The fourth-order valence-corrected chi connectivity index (χ4v) is 3.33. The van der Waals surface area contributed by atoms with Crippen LogP contribution in [0.25, 0.3) is 0 Å². The normalized spacial score (nSPS) is 11.4. The van der Waals surface area contributed by atoms with E-state index in [1.807, 2.05) is 0 Å². The second-order valence-electron chi connectivity index (χ2n) is 5.24. The summed E-state index contributed by atoms with van der Waals surface area (Å²) in [6.45, 7) is 0.540. The van der Waals surface area contributed by atoms with Crippen LogP contribution < -0.4 is 10.0 Å². The van der Waals surface area contributed by atoms with Crippen LogP contribution in [0.4, 0.5) is 0 Å². The first-order valence-electron chi connectivity index (χ1n) is 7.45. The molecule has 0 aliphatic carbocycles. The molecule has 0 saturated carbocycles. The van der Waals surface area contributed by atoms with E-state index in [0.29, 0.717) is 29.3 Å². The van der Waals surface area contributed by atoms with Gasteiger partial charge < -0.3 is 9.73 Å². The minimum Gasteiger partial charge on any atom is -0.467 e. The molecule has 0 aliphatic rings. The summed E-state index contributed by atoms with van der Waals surface area (Å²) in [6, 6.07) is 10.2. The first-order chi connectivity index (χ1) is 11.4. The highest BCUT2D eigenvalue weighted by Crippen LogP contribution is 2.11. The molecule has 24 heavy (non-hydrogen) atoms. The van der Waals surface area contributed by atoms with Crippen molar-refractivity contribution >= 4 is 27.5 Å². The molecule has 2 aromatic rings. The van der Waals surface area contributed by atoms with Gasteiger partial charge in [0.25, 0.3) is 0 Å². The van der Waals surface area contributed by atoms with Crippen molar-refractivity contribution in [2.75, 3.05) is 6.54 Å². The van der Waals surface area contributed by atoms with Crippen molar-refractivity contribution in [2.24, 2.45) is 0 Å². The number of nitrogens with one attached hydrogen (secondary N) is 2. The molecule has 1 amide bonds. The van der Waals surface area contributed by atoms with Crippen LogP contribution in [0.3, 0.4) is 0 Å². The van der Waals surface area contributed by atoms with Crippen LogP contribution in [-0.4, -0.2) is 20.9 Å². The van der Waals surface area contributed by atoms with E-state index in [4.69, 9.17) is 16.0 Å². The molecule has 0 spiro atoms. The molecule has 0 aliphatic heterocycles. The van der Waals surface area contributed by atoms with Gasteiger partial charge in [0, 0.05) is 18.0 Å². The standard InChI is InChI=1S/C16H19ClN2O4S/c17-14-7-5-13(6-8-14)12-24(21,22)19-9-1-4-16(20)18-11-15-3-2-10-23-15/h2-3,5-8,10,19H,1,4,9,11-12H2,(H,18,20). The first-order valence-corrected chi connectivity index (χ1v) is 9.48. The molecule has 2 rings (SSSR count).